The number of hydrogen-bond acceptors (Lipinski definition) is 6. The second-order valence-corrected chi connectivity index (χ2v) is 6.85. The van der Waals surface area contributed by atoms with Crippen molar-refractivity contribution in [3.8, 4) is 23.3 Å². The summed E-state index contributed by atoms with van der Waals surface area (Å²) in [5, 5.41) is 13.2. The van der Waals surface area contributed by atoms with Gasteiger partial charge in [0.15, 0.2) is 12.4 Å². The van der Waals surface area contributed by atoms with Gasteiger partial charge >= 0.3 is 0 Å². The number of carbonyl (C=O) groups is 1. The number of nitriles is 1. The van der Waals surface area contributed by atoms with Gasteiger partial charge in [0.05, 0.1) is 17.7 Å². The van der Waals surface area contributed by atoms with E-state index >= 15 is 0 Å². The maximum Gasteiger partial charge on any atom is 0.261 e. The Labute approximate surface area is 168 Å². The molecular formula is C22H20N4O3. The molecule has 0 radical (unpaired) electrons. The lowest BCUT2D eigenvalue weighted by Gasteiger charge is -2.33. The Balaban J connectivity index is 1.49. The summed E-state index contributed by atoms with van der Waals surface area (Å²) in [4.78, 5) is 19.1. The number of para-hydroxylation sites is 1. The van der Waals surface area contributed by atoms with Gasteiger partial charge in [0.2, 0.25) is 0 Å². The Kier molecular flexibility index (Phi) is 5.52. The van der Waals surface area contributed by atoms with Gasteiger partial charge < -0.3 is 14.2 Å². The first-order valence-electron chi connectivity index (χ1n) is 9.56. The molecule has 29 heavy (non-hydrogen) atoms. The summed E-state index contributed by atoms with van der Waals surface area (Å²) in [5.41, 5.74) is 1.21. The molecular weight excluding hydrogens is 368 g/mol. The minimum atomic E-state index is -0.243. The third kappa shape index (κ3) is 4.27. The average Bonchev–Trinajstić information content (AvgIpc) is 3.28. The van der Waals surface area contributed by atoms with Crippen LogP contribution in [-0.4, -0.2) is 34.1 Å². The number of nitrogens with zero attached hydrogens (tertiary/aromatic N) is 4. The fraction of sp³-hybridized carbons (Fsp3) is 0.273. The largest absolute Gasteiger partial charge is 0.484 e. The van der Waals surface area contributed by atoms with Crippen molar-refractivity contribution in [1.29, 1.82) is 5.26 Å². The Morgan fingerprint density at radius 1 is 1.21 bits per heavy atom. The summed E-state index contributed by atoms with van der Waals surface area (Å²) < 4.78 is 11.0. The molecule has 146 valence electrons. The first-order chi connectivity index (χ1) is 14.2. The molecule has 1 aromatic heterocycles. The van der Waals surface area contributed by atoms with E-state index in [0.29, 0.717) is 35.1 Å². The van der Waals surface area contributed by atoms with Crippen LogP contribution in [0.3, 0.4) is 0 Å². The summed E-state index contributed by atoms with van der Waals surface area (Å²) in [6.07, 6.45) is 2.69. The number of ether oxygens (including phenoxy) is 1. The van der Waals surface area contributed by atoms with Crippen molar-refractivity contribution in [2.24, 2.45) is 0 Å². The zero-order chi connectivity index (χ0) is 20.1. The van der Waals surface area contributed by atoms with Gasteiger partial charge in [-0.3, -0.25) is 4.79 Å². The SMILES string of the molecule is N#Cc1cccc(-c2nc([C@H]3CCCCN3C(=O)COc3ccccc3)no2)c1. The van der Waals surface area contributed by atoms with E-state index in [-0.39, 0.29) is 18.6 Å². The van der Waals surface area contributed by atoms with Gasteiger partial charge in [0, 0.05) is 12.1 Å². The lowest BCUT2D eigenvalue weighted by Crippen LogP contribution is -2.41. The third-order valence-electron chi connectivity index (χ3n) is 4.91. The molecule has 0 N–H and O–H groups in total. The van der Waals surface area contributed by atoms with Crippen LogP contribution in [0.25, 0.3) is 11.5 Å². The van der Waals surface area contributed by atoms with Crippen LogP contribution in [0.15, 0.2) is 59.1 Å². The minimum absolute atomic E-state index is 0.0323. The summed E-state index contributed by atoms with van der Waals surface area (Å²) in [7, 11) is 0. The lowest BCUT2D eigenvalue weighted by molar-refractivity contribution is -0.137. The van der Waals surface area contributed by atoms with E-state index < -0.39 is 0 Å². The van der Waals surface area contributed by atoms with Gasteiger partial charge in [-0.15, -0.1) is 0 Å². The first-order valence-corrected chi connectivity index (χ1v) is 9.56. The highest BCUT2D eigenvalue weighted by Crippen LogP contribution is 2.31. The molecule has 0 unspecified atom stereocenters. The molecule has 4 rings (SSSR count). The summed E-state index contributed by atoms with van der Waals surface area (Å²) in [6, 6.07) is 18.1. The molecule has 1 amide bonds. The predicted molar refractivity (Wildman–Crippen MR) is 105 cm³/mol. The molecule has 1 aliphatic rings. The second-order valence-electron chi connectivity index (χ2n) is 6.85. The quantitative estimate of drug-likeness (QED) is 0.661. The van der Waals surface area contributed by atoms with Crippen LogP contribution < -0.4 is 4.74 Å². The van der Waals surface area contributed by atoms with Crippen molar-refractivity contribution < 1.29 is 14.1 Å². The van der Waals surface area contributed by atoms with E-state index in [2.05, 4.69) is 16.2 Å². The van der Waals surface area contributed by atoms with Crippen molar-refractivity contribution in [3.05, 3.63) is 66.0 Å². The topological polar surface area (TPSA) is 92.2 Å². The van der Waals surface area contributed by atoms with Gasteiger partial charge in [0.1, 0.15) is 5.75 Å². The van der Waals surface area contributed by atoms with Crippen molar-refractivity contribution in [1.82, 2.24) is 15.0 Å². The number of rotatable bonds is 5. The van der Waals surface area contributed by atoms with Gasteiger partial charge in [-0.05, 0) is 49.6 Å². The Bertz CT molecular complexity index is 1030. The van der Waals surface area contributed by atoms with Crippen LogP contribution in [0.4, 0.5) is 0 Å². The molecule has 1 saturated heterocycles. The molecule has 3 aromatic rings. The Morgan fingerprint density at radius 3 is 2.90 bits per heavy atom. The number of likely N-dealkylation sites (tertiary alicyclic amines) is 1. The standard InChI is InChI=1S/C22H20N4O3/c23-14-16-7-6-8-17(13-16)22-24-21(25-29-22)19-11-4-5-12-26(19)20(27)15-28-18-9-2-1-3-10-18/h1-3,6-10,13,19H,4-5,11-12,15H2/t19-/m1/s1. The van der Waals surface area contributed by atoms with Gasteiger partial charge in [0.25, 0.3) is 11.8 Å². The van der Waals surface area contributed by atoms with Gasteiger partial charge in [-0.1, -0.05) is 29.4 Å². The van der Waals surface area contributed by atoms with Gasteiger partial charge in [-0.2, -0.15) is 10.2 Å². The van der Waals surface area contributed by atoms with E-state index in [1.54, 1.807) is 23.1 Å². The number of amides is 1. The van der Waals surface area contributed by atoms with Crippen LogP contribution >= 0.6 is 0 Å². The predicted octanol–water partition coefficient (Wildman–Crippen LogP) is 3.74. The van der Waals surface area contributed by atoms with Crippen LogP contribution in [0.1, 0.15) is 36.7 Å². The van der Waals surface area contributed by atoms with Crippen LogP contribution in [0, 0.1) is 11.3 Å². The molecule has 1 atom stereocenters. The van der Waals surface area contributed by atoms with Crippen LogP contribution in [0.2, 0.25) is 0 Å². The molecule has 0 saturated carbocycles. The summed E-state index contributed by atoms with van der Waals surface area (Å²) in [5.74, 6) is 1.38. The van der Waals surface area contributed by atoms with Crippen molar-refractivity contribution in [2.45, 2.75) is 25.3 Å². The van der Waals surface area contributed by atoms with E-state index in [9.17, 15) is 4.79 Å². The molecule has 7 heteroatoms. The summed E-state index contributed by atoms with van der Waals surface area (Å²) in [6.45, 7) is 0.602. The second kappa shape index (κ2) is 8.57. The molecule has 2 aromatic carbocycles. The highest BCUT2D eigenvalue weighted by Gasteiger charge is 2.31. The fourth-order valence-electron chi connectivity index (χ4n) is 3.45. The smallest absolute Gasteiger partial charge is 0.261 e. The molecule has 1 fully saturated rings. The van der Waals surface area contributed by atoms with Crippen molar-refractivity contribution >= 4 is 5.91 Å². The normalized spacial score (nSPS) is 16.2. The Hall–Kier alpha value is -3.66. The first kappa shape index (κ1) is 18.7. The zero-order valence-electron chi connectivity index (χ0n) is 15.8. The number of hydrogen-bond donors (Lipinski definition) is 0. The summed E-state index contributed by atoms with van der Waals surface area (Å²) >= 11 is 0. The lowest BCUT2D eigenvalue weighted by atomic mass is 10.0. The average molecular weight is 388 g/mol. The number of aromatic nitrogens is 2. The Morgan fingerprint density at radius 2 is 2.07 bits per heavy atom. The maximum absolute atomic E-state index is 12.8. The molecule has 0 aliphatic carbocycles. The monoisotopic (exact) mass is 388 g/mol. The highest BCUT2D eigenvalue weighted by atomic mass is 16.5. The molecule has 2 heterocycles. The molecule has 0 spiro atoms. The van der Waals surface area contributed by atoms with E-state index in [1.165, 1.54) is 0 Å². The minimum Gasteiger partial charge on any atom is -0.484 e. The van der Waals surface area contributed by atoms with Gasteiger partial charge in [-0.25, -0.2) is 0 Å². The van der Waals surface area contributed by atoms with E-state index in [0.717, 1.165) is 19.3 Å². The van der Waals surface area contributed by atoms with Crippen molar-refractivity contribution in [2.75, 3.05) is 13.2 Å². The van der Waals surface area contributed by atoms with Crippen LogP contribution in [-0.2, 0) is 4.79 Å². The maximum atomic E-state index is 12.8. The van der Waals surface area contributed by atoms with Crippen molar-refractivity contribution in [3.63, 3.8) is 0 Å². The zero-order valence-corrected chi connectivity index (χ0v) is 15.8. The number of piperidine rings is 1. The molecule has 0 bridgehead atoms. The van der Waals surface area contributed by atoms with E-state index in [1.807, 2.05) is 36.4 Å². The van der Waals surface area contributed by atoms with Crippen LogP contribution in [0.5, 0.6) is 5.75 Å². The third-order valence-corrected chi connectivity index (χ3v) is 4.91. The number of benzene rings is 2. The fourth-order valence-corrected chi connectivity index (χ4v) is 3.45. The number of carbonyl (C=O) groups excluding carboxylic acids is 1. The molecule has 1 aliphatic heterocycles. The highest BCUT2D eigenvalue weighted by molar-refractivity contribution is 5.78. The molecule has 7 nitrogen and oxygen atoms in total. The van der Waals surface area contributed by atoms with E-state index in [4.69, 9.17) is 14.5 Å².